The van der Waals surface area contributed by atoms with Crippen LogP contribution in [-0.4, -0.2) is 17.1 Å². The summed E-state index contributed by atoms with van der Waals surface area (Å²) in [5.74, 6) is 3.62. The van der Waals surface area contributed by atoms with Crippen molar-refractivity contribution in [2.75, 3.05) is 0 Å². The highest BCUT2D eigenvalue weighted by Crippen LogP contribution is 2.61. The SMILES string of the molecule is C[C@@H](CC12CC3CC(CC(C3)C1)C2)NC(=O)c1noc2c1CCc1sccc1-2. The molecular weight excluding hydrogens is 368 g/mol. The van der Waals surface area contributed by atoms with Gasteiger partial charge < -0.3 is 9.84 Å². The fraction of sp³-hybridized carbons (Fsp3) is 0.652. The number of nitrogens with one attached hydrogen (secondary N) is 1. The van der Waals surface area contributed by atoms with E-state index < -0.39 is 0 Å². The molecule has 5 aliphatic rings. The molecule has 0 spiro atoms. The third-order valence-corrected chi connectivity index (χ3v) is 8.86. The van der Waals surface area contributed by atoms with E-state index in [1.807, 2.05) is 0 Å². The fourth-order valence-electron chi connectivity index (χ4n) is 7.44. The van der Waals surface area contributed by atoms with Crippen molar-refractivity contribution < 1.29 is 9.32 Å². The van der Waals surface area contributed by atoms with Crippen LogP contribution in [0.3, 0.4) is 0 Å². The Kier molecular flexibility index (Phi) is 3.81. The van der Waals surface area contributed by atoms with Crippen LogP contribution in [0.4, 0.5) is 0 Å². The number of carbonyl (C=O) groups excluding carboxylic acids is 1. The molecule has 4 bridgehead atoms. The molecule has 2 aromatic heterocycles. The summed E-state index contributed by atoms with van der Waals surface area (Å²) >= 11 is 1.76. The maximum Gasteiger partial charge on any atom is 0.273 e. The number of thiophene rings is 1. The monoisotopic (exact) mass is 396 g/mol. The number of amides is 1. The van der Waals surface area contributed by atoms with E-state index in [9.17, 15) is 4.79 Å². The summed E-state index contributed by atoms with van der Waals surface area (Å²) in [4.78, 5) is 14.3. The molecule has 0 radical (unpaired) electrons. The van der Waals surface area contributed by atoms with E-state index in [-0.39, 0.29) is 11.9 Å². The van der Waals surface area contributed by atoms with Crippen LogP contribution in [0.15, 0.2) is 16.0 Å². The Labute approximate surface area is 170 Å². The summed E-state index contributed by atoms with van der Waals surface area (Å²) < 4.78 is 5.60. The van der Waals surface area contributed by atoms with Crippen molar-refractivity contribution in [1.29, 1.82) is 0 Å². The van der Waals surface area contributed by atoms with Gasteiger partial charge in [-0.1, -0.05) is 5.16 Å². The van der Waals surface area contributed by atoms with Gasteiger partial charge in [-0.25, -0.2) is 0 Å². The highest BCUT2D eigenvalue weighted by molar-refractivity contribution is 7.10. The number of carbonyl (C=O) groups is 1. The average Bonchev–Trinajstić information content (AvgIpc) is 3.26. The molecular formula is C23H28N2O2S. The normalized spacial score (nSPS) is 33.4. The van der Waals surface area contributed by atoms with E-state index in [2.05, 4.69) is 28.8 Å². The van der Waals surface area contributed by atoms with Crippen LogP contribution in [0.5, 0.6) is 0 Å². The first-order valence-corrected chi connectivity index (χ1v) is 11.8. The summed E-state index contributed by atoms with van der Waals surface area (Å²) in [6.07, 6.45) is 11.5. The predicted octanol–water partition coefficient (Wildman–Crippen LogP) is 5.23. The van der Waals surface area contributed by atoms with Gasteiger partial charge in [0.05, 0.1) is 0 Å². The molecule has 1 atom stereocenters. The number of aryl methyl sites for hydroxylation is 1. The van der Waals surface area contributed by atoms with Gasteiger partial charge in [0.2, 0.25) is 0 Å². The number of aromatic nitrogens is 1. The molecule has 148 valence electrons. The predicted molar refractivity (Wildman–Crippen MR) is 109 cm³/mol. The third-order valence-electron chi connectivity index (χ3n) is 7.88. The molecule has 7 rings (SSSR count). The molecule has 2 heterocycles. The molecule has 5 aliphatic carbocycles. The van der Waals surface area contributed by atoms with Gasteiger partial charge in [-0.05, 0) is 99.3 Å². The quantitative estimate of drug-likeness (QED) is 0.770. The first kappa shape index (κ1) is 17.3. The van der Waals surface area contributed by atoms with Crippen molar-refractivity contribution in [2.24, 2.45) is 23.2 Å². The van der Waals surface area contributed by atoms with Gasteiger partial charge in [-0.3, -0.25) is 4.79 Å². The van der Waals surface area contributed by atoms with E-state index in [0.29, 0.717) is 11.1 Å². The molecule has 1 N–H and O–H groups in total. The first-order valence-electron chi connectivity index (χ1n) is 10.9. The van der Waals surface area contributed by atoms with Gasteiger partial charge in [0.15, 0.2) is 11.5 Å². The lowest BCUT2D eigenvalue weighted by molar-refractivity contribution is -0.0607. The number of rotatable bonds is 4. The fourth-order valence-corrected chi connectivity index (χ4v) is 8.31. The Morgan fingerprint density at radius 1 is 1.25 bits per heavy atom. The van der Waals surface area contributed by atoms with Gasteiger partial charge in [0, 0.05) is 22.0 Å². The molecule has 0 aliphatic heterocycles. The molecule has 28 heavy (non-hydrogen) atoms. The zero-order valence-corrected chi connectivity index (χ0v) is 17.3. The Balaban J connectivity index is 1.17. The van der Waals surface area contributed by atoms with E-state index in [0.717, 1.165) is 53.9 Å². The molecule has 0 unspecified atom stereocenters. The lowest BCUT2D eigenvalue weighted by Crippen LogP contribution is -2.49. The maximum atomic E-state index is 13.0. The lowest BCUT2D eigenvalue weighted by atomic mass is 9.48. The topological polar surface area (TPSA) is 55.1 Å². The minimum atomic E-state index is -0.0547. The zero-order valence-electron chi connectivity index (χ0n) is 16.5. The smallest absolute Gasteiger partial charge is 0.273 e. The number of hydrogen-bond acceptors (Lipinski definition) is 4. The Morgan fingerprint density at radius 3 is 2.68 bits per heavy atom. The van der Waals surface area contributed by atoms with Gasteiger partial charge >= 0.3 is 0 Å². The second kappa shape index (κ2) is 6.19. The van der Waals surface area contributed by atoms with Crippen molar-refractivity contribution in [1.82, 2.24) is 10.5 Å². The van der Waals surface area contributed by atoms with E-state index in [4.69, 9.17) is 4.52 Å². The van der Waals surface area contributed by atoms with Gasteiger partial charge in [-0.2, -0.15) is 0 Å². The summed E-state index contributed by atoms with van der Waals surface area (Å²) in [6, 6.07) is 2.27. The third kappa shape index (κ3) is 2.69. The van der Waals surface area contributed by atoms with Crippen molar-refractivity contribution in [3.63, 3.8) is 0 Å². The second-order valence-electron chi connectivity index (χ2n) is 10.1. The number of fused-ring (bicyclic) bond motifs is 3. The molecule has 0 aromatic carbocycles. The van der Waals surface area contributed by atoms with Crippen molar-refractivity contribution in [3.8, 4) is 11.3 Å². The Hall–Kier alpha value is -1.62. The average molecular weight is 397 g/mol. The van der Waals surface area contributed by atoms with Gasteiger partial charge in [0.25, 0.3) is 5.91 Å². The van der Waals surface area contributed by atoms with Crippen LogP contribution >= 0.6 is 11.3 Å². The van der Waals surface area contributed by atoms with Crippen LogP contribution in [0.1, 0.15) is 72.8 Å². The number of hydrogen-bond donors (Lipinski definition) is 1. The van der Waals surface area contributed by atoms with Crippen molar-refractivity contribution in [2.45, 2.75) is 70.8 Å². The van der Waals surface area contributed by atoms with Crippen LogP contribution in [0.25, 0.3) is 11.3 Å². The standard InChI is InChI=1S/C23H28N2O2S/c1-13(9-23-10-14-6-15(11-23)8-16(7-14)12-23)24-22(26)20-18-2-3-19-17(4-5-28-19)21(18)27-25-20/h4-5,13-16H,2-3,6-12H2,1H3,(H,24,26)/t13-,14?,15?,16?,23?/m0/s1. The highest BCUT2D eigenvalue weighted by atomic mass is 32.1. The number of nitrogens with zero attached hydrogens (tertiary/aromatic N) is 1. The van der Waals surface area contributed by atoms with Gasteiger partial charge in [0.1, 0.15) is 0 Å². The maximum absolute atomic E-state index is 13.0. The summed E-state index contributed by atoms with van der Waals surface area (Å²) in [5.41, 5.74) is 3.10. The van der Waals surface area contributed by atoms with E-state index in [1.165, 1.54) is 43.4 Å². The van der Waals surface area contributed by atoms with Crippen LogP contribution in [0.2, 0.25) is 0 Å². The van der Waals surface area contributed by atoms with Crippen LogP contribution in [0, 0.1) is 23.2 Å². The molecule has 2 aromatic rings. The molecule has 1 amide bonds. The summed E-state index contributed by atoms with van der Waals surface area (Å²) in [6.45, 7) is 2.18. The molecule has 4 fully saturated rings. The molecule has 4 nitrogen and oxygen atoms in total. The minimum absolute atomic E-state index is 0.0547. The Morgan fingerprint density at radius 2 is 1.96 bits per heavy atom. The van der Waals surface area contributed by atoms with Crippen molar-refractivity contribution >= 4 is 17.2 Å². The van der Waals surface area contributed by atoms with Crippen molar-refractivity contribution in [3.05, 3.63) is 27.6 Å². The molecule has 0 saturated heterocycles. The van der Waals surface area contributed by atoms with E-state index in [1.54, 1.807) is 11.3 Å². The largest absolute Gasteiger partial charge is 0.355 e. The zero-order chi connectivity index (χ0) is 18.9. The summed E-state index contributed by atoms with van der Waals surface area (Å²) in [5, 5.41) is 9.53. The lowest BCUT2D eigenvalue weighted by Gasteiger charge is -2.57. The first-order chi connectivity index (χ1) is 13.6. The highest BCUT2D eigenvalue weighted by Gasteiger charge is 2.51. The Bertz CT molecular complexity index is 892. The van der Waals surface area contributed by atoms with Gasteiger partial charge in [-0.15, -0.1) is 11.3 Å². The second-order valence-corrected chi connectivity index (χ2v) is 11.1. The van der Waals surface area contributed by atoms with Crippen LogP contribution < -0.4 is 5.32 Å². The minimum Gasteiger partial charge on any atom is -0.355 e. The summed E-state index contributed by atoms with van der Waals surface area (Å²) in [7, 11) is 0. The molecule has 4 saturated carbocycles. The molecule has 5 heteroatoms. The van der Waals surface area contributed by atoms with E-state index >= 15 is 0 Å². The van der Waals surface area contributed by atoms with Crippen LogP contribution in [-0.2, 0) is 12.8 Å².